The highest BCUT2D eigenvalue weighted by Gasteiger charge is 2.26. The largest absolute Gasteiger partial charge is 0.495 e. The molecule has 1 fully saturated rings. The molecule has 1 amide bonds. The van der Waals surface area contributed by atoms with Gasteiger partial charge in [-0.25, -0.2) is 4.39 Å². The molecule has 1 aliphatic heterocycles. The molecule has 6 heteroatoms. The van der Waals surface area contributed by atoms with Crippen LogP contribution in [0.25, 0.3) is 0 Å². The van der Waals surface area contributed by atoms with Crippen molar-refractivity contribution in [3.05, 3.63) is 54.3 Å². The lowest BCUT2D eigenvalue weighted by Gasteiger charge is -2.38. The topological polar surface area (TPSA) is 44.8 Å². The minimum atomic E-state index is -0.240. The molecule has 1 atom stereocenters. The van der Waals surface area contributed by atoms with Crippen LogP contribution in [0.4, 0.5) is 15.8 Å². The second-order valence-corrected chi connectivity index (χ2v) is 6.36. The number of anilines is 2. The van der Waals surface area contributed by atoms with E-state index in [4.69, 9.17) is 4.74 Å². The lowest BCUT2D eigenvalue weighted by Crippen LogP contribution is -2.52. The minimum Gasteiger partial charge on any atom is -0.495 e. The lowest BCUT2D eigenvalue weighted by molar-refractivity contribution is -0.120. The average molecular weight is 357 g/mol. The molecular formula is C20H24FN3O2. The van der Waals surface area contributed by atoms with Crippen molar-refractivity contribution in [2.45, 2.75) is 13.0 Å². The smallest absolute Gasteiger partial charge is 0.241 e. The van der Waals surface area contributed by atoms with Gasteiger partial charge in [0, 0.05) is 31.9 Å². The van der Waals surface area contributed by atoms with Crippen LogP contribution in [-0.2, 0) is 4.79 Å². The Morgan fingerprint density at radius 1 is 1.08 bits per heavy atom. The monoisotopic (exact) mass is 357 g/mol. The van der Waals surface area contributed by atoms with Crippen LogP contribution in [-0.4, -0.2) is 50.1 Å². The number of methoxy groups -OCH3 is 1. The van der Waals surface area contributed by atoms with E-state index >= 15 is 0 Å². The lowest BCUT2D eigenvalue weighted by atomic mass is 10.2. The van der Waals surface area contributed by atoms with Gasteiger partial charge in [-0.05, 0) is 43.3 Å². The molecule has 138 valence electrons. The molecule has 5 nitrogen and oxygen atoms in total. The van der Waals surface area contributed by atoms with Gasteiger partial charge in [0.2, 0.25) is 5.91 Å². The van der Waals surface area contributed by atoms with Gasteiger partial charge in [-0.15, -0.1) is 0 Å². The van der Waals surface area contributed by atoms with E-state index in [0.29, 0.717) is 11.4 Å². The highest BCUT2D eigenvalue weighted by Crippen LogP contribution is 2.24. The number of nitrogens with zero attached hydrogens (tertiary/aromatic N) is 2. The molecule has 2 aromatic rings. The van der Waals surface area contributed by atoms with Crippen molar-refractivity contribution in [3.63, 3.8) is 0 Å². The van der Waals surface area contributed by atoms with E-state index in [-0.39, 0.29) is 17.8 Å². The van der Waals surface area contributed by atoms with Crippen LogP contribution in [0.15, 0.2) is 48.5 Å². The molecule has 0 bridgehead atoms. The first-order chi connectivity index (χ1) is 12.6. The molecule has 0 unspecified atom stereocenters. The van der Waals surface area contributed by atoms with Gasteiger partial charge < -0.3 is 15.0 Å². The highest BCUT2D eigenvalue weighted by molar-refractivity contribution is 5.95. The van der Waals surface area contributed by atoms with E-state index < -0.39 is 0 Å². The summed E-state index contributed by atoms with van der Waals surface area (Å²) in [6.45, 7) is 5.07. The number of carbonyl (C=O) groups excluding carboxylic acids is 1. The maximum Gasteiger partial charge on any atom is 0.241 e. The molecule has 1 saturated heterocycles. The Bertz CT molecular complexity index is 743. The first kappa shape index (κ1) is 18.2. The molecule has 0 saturated carbocycles. The summed E-state index contributed by atoms with van der Waals surface area (Å²) in [5.74, 6) is 0.368. The fourth-order valence-electron chi connectivity index (χ4n) is 3.17. The van der Waals surface area contributed by atoms with E-state index in [1.165, 1.54) is 12.1 Å². The summed E-state index contributed by atoms with van der Waals surface area (Å²) >= 11 is 0. The molecule has 0 spiro atoms. The second-order valence-electron chi connectivity index (χ2n) is 6.36. The van der Waals surface area contributed by atoms with Gasteiger partial charge in [-0.1, -0.05) is 12.1 Å². The number of halogens is 1. The van der Waals surface area contributed by atoms with Crippen molar-refractivity contribution in [3.8, 4) is 5.75 Å². The van der Waals surface area contributed by atoms with Crippen molar-refractivity contribution in [2.75, 3.05) is 43.5 Å². The van der Waals surface area contributed by atoms with Crippen molar-refractivity contribution >= 4 is 17.3 Å². The van der Waals surface area contributed by atoms with Crippen LogP contribution < -0.4 is 15.0 Å². The third kappa shape index (κ3) is 4.14. The molecule has 1 heterocycles. The third-order valence-corrected chi connectivity index (χ3v) is 4.80. The molecule has 26 heavy (non-hydrogen) atoms. The second kappa shape index (κ2) is 8.19. The zero-order valence-corrected chi connectivity index (χ0v) is 15.1. The fourth-order valence-corrected chi connectivity index (χ4v) is 3.17. The van der Waals surface area contributed by atoms with E-state index in [9.17, 15) is 9.18 Å². The van der Waals surface area contributed by atoms with E-state index in [1.54, 1.807) is 19.2 Å². The standard InChI is InChI=1S/C20H24FN3O2/c1-15(20(25)22-18-5-3-4-6-19(18)26-2)23-11-13-24(14-12-23)17-9-7-16(21)8-10-17/h3-10,15H,11-14H2,1-2H3,(H,22,25)/t15-/m1/s1. The quantitative estimate of drug-likeness (QED) is 0.894. The molecule has 1 N–H and O–H groups in total. The summed E-state index contributed by atoms with van der Waals surface area (Å²) < 4.78 is 18.3. The minimum absolute atomic E-state index is 0.0512. The number of para-hydroxylation sites is 2. The number of carbonyl (C=O) groups is 1. The van der Waals surface area contributed by atoms with Crippen LogP contribution in [0.2, 0.25) is 0 Å². The Labute approximate surface area is 153 Å². The SMILES string of the molecule is COc1ccccc1NC(=O)[C@@H](C)N1CCN(c2ccc(F)cc2)CC1. The van der Waals surface area contributed by atoms with Gasteiger partial charge in [0.25, 0.3) is 0 Å². The first-order valence-corrected chi connectivity index (χ1v) is 8.77. The number of amides is 1. The maximum atomic E-state index is 13.1. The summed E-state index contributed by atoms with van der Waals surface area (Å²) in [6.07, 6.45) is 0. The Balaban J connectivity index is 1.56. The fraction of sp³-hybridized carbons (Fsp3) is 0.350. The summed E-state index contributed by atoms with van der Waals surface area (Å²) in [7, 11) is 1.59. The Hall–Kier alpha value is -2.60. The number of benzene rings is 2. The van der Waals surface area contributed by atoms with Crippen molar-refractivity contribution in [2.24, 2.45) is 0 Å². The number of hydrogen-bond acceptors (Lipinski definition) is 4. The predicted octanol–water partition coefficient (Wildman–Crippen LogP) is 2.98. The van der Waals surface area contributed by atoms with Gasteiger partial charge in [0.15, 0.2) is 0 Å². The molecule has 0 aromatic heterocycles. The average Bonchev–Trinajstić information content (AvgIpc) is 2.68. The van der Waals surface area contributed by atoms with Gasteiger partial charge >= 0.3 is 0 Å². The van der Waals surface area contributed by atoms with Crippen LogP contribution >= 0.6 is 0 Å². The van der Waals surface area contributed by atoms with Gasteiger partial charge in [0.1, 0.15) is 11.6 Å². The Morgan fingerprint density at radius 2 is 1.73 bits per heavy atom. The zero-order chi connectivity index (χ0) is 18.5. The summed E-state index contributed by atoms with van der Waals surface area (Å²) in [4.78, 5) is 17.0. The van der Waals surface area contributed by atoms with E-state index in [0.717, 1.165) is 31.9 Å². The Morgan fingerprint density at radius 3 is 2.38 bits per heavy atom. The van der Waals surface area contributed by atoms with E-state index in [1.807, 2.05) is 31.2 Å². The molecule has 0 aliphatic carbocycles. The van der Waals surface area contributed by atoms with Crippen molar-refractivity contribution in [1.29, 1.82) is 0 Å². The molecule has 3 rings (SSSR count). The third-order valence-electron chi connectivity index (χ3n) is 4.80. The molecule has 2 aromatic carbocycles. The summed E-state index contributed by atoms with van der Waals surface area (Å²) in [5.41, 5.74) is 1.69. The number of hydrogen-bond donors (Lipinski definition) is 1. The normalized spacial score (nSPS) is 16.2. The predicted molar refractivity (Wildman–Crippen MR) is 101 cm³/mol. The van der Waals surface area contributed by atoms with Gasteiger partial charge in [0.05, 0.1) is 18.8 Å². The maximum absolute atomic E-state index is 13.1. The van der Waals surface area contributed by atoms with E-state index in [2.05, 4.69) is 15.1 Å². The first-order valence-electron chi connectivity index (χ1n) is 8.77. The highest BCUT2D eigenvalue weighted by atomic mass is 19.1. The van der Waals surface area contributed by atoms with Crippen molar-refractivity contribution in [1.82, 2.24) is 4.90 Å². The van der Waals surface area contributed by atoms with Crippen molar-refractivity contribution < 1.29 is 13.9 Å². The van der Waals surface area contributed by atoms with Gasteiger partial charge in [-0.3, -0.25) is 9.69 Å². The molecular weight excluding hydrogens is 333 g/mol. The van der Waals surface area contributed by atoms with Crippen LogP contribution in [0.5, 0.6) is 5.75 Å². The number of ether oxygens (including phenoxy) is 1. The summed E-state index contributed by atoms with van der Waals surface area (Å²) in [6, 6.07) is 13.7. The van der Waals surface area contributed by atoms with Crippen LogP contribution in [0.3, 0.4) is 0 Å². The van der Waals surface area contributed by atoms with Gasteiger partial charge in [-0.2, -0.15) is 0 Å². The Kier molecular flexibility index (Phi) is 5.73. The van der Waals surface area contributed by atoms with Crippen LogP contribution in [0, 0.1) is 5.82 Å². The van der Waals surface area contributed by atoms with Crippen LogP contribution in [0.1, 0.15) is 6.92 Å². The summed E-state index contributed by atoms with van der Waals surface area (Å²) in [5, 5.41) is 2.95. The zero-order valence-electron chi connectivity index (χ0n) is 15.1. The number of rotatable bonds is 5. The number of piperazine rings is 1. The molecule has 1 aliphatic rings. The number of nitrogens with one attached hydrogen (secondary N) is 1. The molecule has 0 radical (unpaired) electrons.